The monoisotopic (exact) mass is 309 g/mol. The normalized spacial score (nSPS) is 12.3. The molecule has 2 nitrogen and oxygen atoms in total. The minimum Gasteiger partial charge on any atom is -0.506 e. The molecular weight excluding hydrogens is 293 g/mol. The molecule has 0 saturated heterocycles. The number of halogens is 2. The molecule has 0 bridgehead atoms. The summed E-state index contributed by atoms with van der Waals surface area (Å²) in [5, 5.41) is 14.4. The van der Waals surface area contributed by atoms with Crippen LogP contribution in [0.5, 0.6) is 5.75 Å². The van der Waals surface area contributed by atoms with Gasteiger partial charge in [0, 0.05) is 23.2 Å². The zero-order valence-electron chi connectivity index (χ0n) is 11.2. The van der Waals surface area contributed by atoms with Crippen molar-refractivity contribution >= 4 is 23.2 Å². The summed E-state index contributed by atoms with van der Waals surface area (Å²) in [6.45, 7) is 2.68. The van der Waals surface area contributed by atoms with E-state index in [0.29, 0.717) is 11.6 Å². The fourth-order valence-corrected chi connectivity index (χ4v) is 2.45. The molecule has 0 amide bonds. The lowest BCUT2D eigenvalue weighted by Crippen LogP contribution is -2.20. The second-order valence-electron chi connectivity index (χ2n) is 4.64. The van der Waals surface area contributed by atoms with E-state index in [-0.39, 0.29) is 11.8 Å². The Morgan fingerprint density at radius 2 is 1.80 bits per heavy atom. The number of hydrogen-bond acceptors (Lipinski definition) is 2. The average molecular weight is 310 g/mol. The highest BCUT2D eigenvalue weighted by Crippen LogP contribution is 2.27. The third-order valence-corrected chi connectivity index (χ3v) is 3.85. The Bertz CT molecular complexity index is 569. The van der Waals surface area contributed by atoms with Gasteiger partial charge in [0.2, 0.25) is 0 Å². The number of para-hydroxylation sites is 1. The molecule has 0 radical (unpaired) electrons. The van der Waals surface area contributed by atoms with Crippen LogP contribution in [0.15, 0.2) is 42.5 Å². The Morgan fingerprint density at radius 3 is 2.45 bits per heavy atom. The smallest absolute Gasteiger partial charge is 0.138 e. The van der Waals surface area contributed by atoms with Crippen molar-refractivity contribution in [1.82, 2.24) is 5.32 Å². The Kier molecular flexibility index (Phi) is 5.30. The molecule has 1 unspecified atom stereocenters. The van der Waals surface area contributed by atoms with Gasteiger partial charge in [-0.1, -0.05) is 54.4 Å². The molecule has 2 N–H and O–H groups in total. The Hall–Kier alpha value is -1.22. The van der Waals surface area contributed by atoms with Crippen LogP contribution in [0.3, 0.4) is 0 Å². The van der Waals surface area contributed by atoms with Crippen molar-refractivity contribution in [2.75, 3.05) is 0 Å². The van der Waals surface area contributed by atoms with Crippen molar-refractivity contribution in [3.8, 4) is 5.75 Å². The van der Waals surface area contributed by atoms with Gasteiger partial charge in [0.1, 0.15) is 5.75 Å². The fraction of sp³-hybridized carbons (Fsp3) is 0.250. The van der Waals surface area contributed by atoms with Crippen LogP contribution in [0.2, 0.25) is 10.0 Å². The van der Waals surface area contributed by atoms with E-state index in [0.717, 1.165) is 17.0 Å². The minimum atomic E-state index is 0.146. The van der Waals surface area contributed by atoms with E-state index in [4.69, 9.17) is 23.2 Å². The number of benzene rings is 2. The highest BCUT2D eigenvalue weighted by atomic mass is 35.5. The van der Waals surface area contributed by atoms with Gasteiger partial charge in [0.05, 0.1) is 5.02 Å². The average Bonchev–Trinajstić information content (AvgIpc) is 2.45. The lowest BCUT2D eigenvalue weighted by molar-refractivity contribution is 0.455. The number of rotatable bonds is 5. The van der Waals surface area contributed by atoms with E-state index in [9.17, 15) is 5.11 Å². The standard InChI is InChI=1S/C16H17Cl2NO/c1-2-15(11-6-8-13(17)9-7-11)19-10-12-4-3-5-14(18)16(12)20/h3-9,15,19-20H,2,10H2,1H3. The number of hydrogen-bond donors (Lipinski definition) is 2. The molecule has 0 aliphatic heterocycles. The summed E-state index contributed by atoms with van der Waals surface area (Å²) in [7, 11) is 0. The predicted octanol–water partition coefficient (Wildman–Crippen LogP) is 4.94. The molecule has 0 aliphatic rings. The molecule has 0 aliphatic carbocycles. The number of phenolic OH excluding ortho intramolecular Hbond substituents is 1. The number of nitrogens with one attached hydrogen (secondary N) is 1. The zero-order chi connectivity index (χ0) is 14.5. The summed E-state index contributed by atoms with van der Waals surface area (Å²) < 4.78 is 0. The van der Waals surface area contributed by atoms with Gasteiger partial charge < -0.3 is 10.4 Å². The largest absolute Gasteiger partial charge is 0.506 e. The molecule has 0 saturated carbocycles. The quantitative estimate of drug-likeness (QED) is 0.820. The van der Waals surface area contributed by atoms with Crippen LogP contribution in [0.1, 0.15) is 30.5 Å². The van der Waals surface area contributed by atoms with Crippen molar-refractivity contribution in [3.05, 3.63) is 63.6 Å². The summed E-state index contributed by atoms with van der Waals surface area (Å²) in [4.78, 5) is 0. The summed E-state index contributed by atoms with van der Waals surface area (Å²) >= 11 is 11.8. The second kappa shape index (κ2) is 6.98. The first-order chi connectivity index (χ1) is 9.61. The molecule has 2 rings (SSSR count). The molecule has 2 aromatic rings. The van der Waals surface area contributed by atoms with Crippen molar-refractivity contribution in [1.29, 1.82) is 0 Å². The molecule has 0 fully saturated rings. The maximum absolute atomic E-state index is 9.90. The molecule has 20 heavy (non-hydrogen) atoms. The molecule has 1 atom stereocenters. The van der Waals surface area contributed by atoms with Crippen molar-refractivity contribution in [3.63, 3.8) is 0 Å². The van der Waals surface area contributed by atoms with Crippen molar-refractivity contribution in [2.24, 2.45) is 0 Å². The molecule has 106 valence electrons. The first-order valence-electron chi connectivity index (χ1n) is 6.57. The van der Waals surface area contributed by atoms with Gasteiger partial charge in [-0.2, -0.15) is 0 Å². The molecule has 0 spiro atoms. The van der Waals surface area contributed by atoms with E-state index in [1.165, 1.54) is 5.56 Å². The van der Waals surface area contributed by atoms with Gasteiger partial charge in [-0.05, 0) is 30.2 Å². The summed E-state index contributed by atoms with van der Waals surface area (Å²) in [6.07, 6.45) is 0.947. The summed E-state index contributed by atoms with van der Waals surface area (Å²) in [6, 6.07) is 13.4. The minimum absolute atomic E-state index is 0.146. The highest BCUT2D eigenvalue weighted by Gasteiger charge is 2.11. The summed E-state index contributed by atoms with van der Waals surface area (Å²) in [5.74, 6) is 0.146. The first kappa shape index (κ1) is 15.2. The Morgan fingerprint density at radius 1 is 1.10 bits per heavy atom. The van der Waals surface area contributed by atoms with Gasteiger partial charge in [-0.3, -0.25) is 0 Å². The second-order valence-corrected chi connectivity index (χ2v) is 5.48. The third kappa shape index (κ3) is 3.66. The van der Waals surface area contributed by atoms with Gasteiger partial charge in [0.25, 0.3) is 0 Å². The Labute approximate surface area is 129 Å². The topological polar surface area (TPSA) is 32.3 Å². The Balaban J connectivity index is 2.07. The maximum Gasteiger partial charge on any atom is 0.138 e. The molecular formula is C16H17Cl2NO. The van der Waals surface area contributed by atoms with Crippen molar-refractivity contribution < 1.29 is 5.11 Å². The van der Waals surface area contributed by atoms with E-state index in [2.05, 4.69) is 12.2 Å². The van der Waals surface area contributed by atoms with Crippen LogP contribution in [-0.2, 0) is 6.54 Å². The summed E-state index contributed by atoms with van der Waals surface area (Å²) in [5.41, 5.74) is 1.98. The SMILES string of the molecule is CCC(NCc1cccc(Cl)c1O)c1ccc(Cl)cc1. The maximum atomic E-state index is 9.90. The lowest BCUT2D eigenvalue weighted by Gasteiger charge is -2.18. The molecule has 0 aromatic heterocycles. The zero-order valence-corrected chi connectivity index (χ0v) is 12.7. The van der Waals surface area contributed by atoms with E-state index in [1.807, 2.05) is 36.4 Å². The molecule has 0 heterocycles. The lowest BCUT2D eigenvalue weighted by atomic mass is 10.0. The van der Waals surface area contributed by atoms with Crippen LogP contribution in [0, 0.1) is 0 Å². The van der Waals surface area contributed by atoms with E-state index >= 15 is 0 Å². The highest BCUT2D eigenvalue weighted by molar-refractivity contribution is 6.32. The van der Waals surface area contributed by atoms with Gasteiger partial charge >= 0.3 is 0 Å². The molecule has 4 heteroatoms. The number of phenols is 1. The van der Waals surface area contributed by atoms with Crippen LogP contribution >= 0.6 is 23.2 Å². The van der Waals surface area contributed by atoms with E-state index in [1.54, 1.807) is 6.07 Å². The van der Waals surface area contributed by atoms with Gasteiger partial charge in [0.15, 0.2) is 0 Å². The van der Waals surface area contributed by atoms with E-state index < -0.39 is 0 Å². The van der Waals surface area contributed by atoms with Crippen LogP contribution in [0.4, 0.5) is 0 Å². The molecule has 2 aromatic carbocycles. The number of aromatic hydroxyl groups is 1. The van der Waals surface area contributed by atoms with Crippen LogP contribution in [-0.4, -0.2) is 5.11 Å². The van der Waals surface area contributed by atoms with Crippen molar-refractivity contribution in [2.45, 2.75) is 25.9 Å². The van der Waals surface area contributed by atoms with Crippen LogP contribution in [0.25, 0.3) is 0 Å². The van der Waals surface area contributed by atoms with Gasteiger partial charge in [-0.15, -0.1) is 0 Å². The predicted molar refractivity (Wildman–Crippen MR) is 84.4 cm³/mol. The fourth-order valence-electron chi connectivity index (χ4n) is 2.13. The third-order valence-electron chi connectivity index (χ3n) is 3.29. The first-order valence-corrected chi connectivity index (χ1v) is 7.32. The van der Waals surface area contributed by atoms with Gasteiger partial charge in [-0.25, -0.2) is 0 Å². The van der Waals surface area contributed by atoms with Crippen LogP contribution < -0.4 is 5.32 Å².